The molecule has 0 saturated carbocycles. The van der Waals surface area contributed by atoms with E-state index >= 15 is 0 Å². The minimum atomic E-state index is -1.27. The number of hydrogen-bond acceptors (Lipinski definition) is 8. The van der Waals surface area contributed by atoms with Crippen LogP contribution in [0.25, 0.3) is 11.3 Å². The first-order valence-corrected chi connectivity index (χ1v) is 11.1. The molecule has 1 atom stereocenters. The van der Waals surface area contributed by atoms with Crippen LogP contribution in [0.15, 0.2) is 29.6 Å². The van der Waals surface area contributed by atoms with Crippen LogP contribution in [0, 0.1) is 5.82 Å². The third-order valence-electron chi connectivity index (χ3n) is 4.31. The van der Waals surface area contributed by atoms with Crippen LogP contribution >= 0.6 is 11.3 Å². The number of thiazole rings is 1. The molecule has 184 valence electrons. The van der Waals surface area contributed by atoms with Gasteiger partial charge in [0, 0.05) is 30.5 Å². The third kappa shape index (κ3) is 11.7. The Bertz CT molecular complexity index is 962. The molecule has 0 bridgehead atoms. The van der Waals surface area contributed by atoms with E-state index in [1.165, 1.54) is 23.5 Å². The summed E-state index contributed by atoms with van der Waals surface area (Å²) in [5.74, 6) is -2.68. The second-order valence-electron chi connectivity index (χ2n) is 6.84. The van der Waals surface area contributed by atoms with Crippen molar-refractivity contribution in [3.05, 3.63) is 35.5 Å². The van der Waals surface area contributed by atoms with Crippen LogP contribution in [0.3, 0.4) is 0 Å². The van der Waals surface area contributed by atoms with Gasteiger partial charge in [0.25, 0.3) is 0 Å². The number of unbranched alkanes of at least 4 members (excludes halogenated alkanes) is 2. The Balaban J connectivity index is 0.00000182. The Morgan fingerprint density at radius 3 is 2.32 bits per heavy atom. The van der Waals surface area contributed by atoms with Gasteiger partial charge < -0.3 is 26.2 Å². The molecule has 0 aliphatic heterocycles. The summed E-state index contributed by atoms with van der Waals surface area (Å²) >= 11 is 1.47. The number of carbonyl (C=O) groups is 3. The smallest absolute Gasteiger partial charge is 0.373 e. The summed E-state index contributed by atoms with van der Waals surface area (Å²) in [6.07, 6.45) is 2.13. The van der Waals surface area contributed by atoms with Gasteiger partial charge in [-0.25, -0.2) is 19.0 Å². The summed E-state index contributed by atoms with van der Waals surface area (Å²) in [4.78, 5) is 54.0. The van der Waals surface area contributed by atoms with Crippen molar-refractivity contribution in [1.29, 1.82) is 0 Å². The van der Waals surface area contributed by atoms with Crippen LogP contribution in [-0.2, 0) is 19.2 Å². The summed E-state index contributed by atoms with van der Waals surface area (Å²) < 4.78 is 13.0. The summed E-state index contributed by atoms with van der Waals surface area (Å²) in [5.41, 5.74) is 1.63. The minimum absolute atomic E-state index is 0.177. The standard InChI is InChI=1S/C20H25FN4O5S.CO2/c21-14-6-4-13(5-7-14)16-12-31-20(25-16)23-11-3-1-2-10-22-19(30)24-15(18(28)29)8-9-17(26)27;2-1-3/h4-7,12,15H,1-3,8-11H2,(H,23,25)(H,26,27)(H,28,29)(H2,22,24,30);/t15-;/m0./s1. The number of nitrogens with one attached hydrogen (secondary N) is 3. The number of amides is 2. The Morgan fingerprint density at radius 2 is 1.71 bits per heavy atom. The largest absolute Gasteiger partial charge is 0.481 e. The van der Waals surface area contributed by atoms with Crippen molar-refractivity contribution in [3.63, 3.8) is 0 Å². The molecule has 0 unspecified atom stereocenters. The van der Waals surface area contributed by atoms with Crippen molar-refractivity contribution in [2.24, 2.45) is 0 Å². The van der Waals surface area contributed by atoms with Gasteiger partial charge in [0.15, 0.2) is 5.13 Å². The van der Waals surface area contributed by atoms with Crippen LogP contribution in [0.2, 0.25) is 0 Å². The zero-order chi connectivity index (χ0) is 25.3. The second kappa shape index (κ2) is 15.9. The molecule has 13 heteroatoms. The van der Waals surface area contributed by atoms with Crippen LogP contribution < -0.4 is 16.0 Å². The Labute approximate surface area is 198 Å². The quantitative estimate of drug-likeness (QED) is 0.261. The van der Waals surface area contributed by atoms with Crippen molar-refractivity contribution in [2.45, 2.75) is 38.1 Å². The number of carbonyl (C=O) groups excluding carboxylic acids is 3. The lowest BCUT2D eigenvalue weighted by molar-refractivity contribution is -0.191. The Hall–Kier alpha value is -3.83. The molecular formula is C21H25FN4O7S. The molecule has 0 aliphatic carbocycles. The zero-order valence-corrected chi connectivity index (χ0v) is 18.9. The maximum Gasteiger partial charge on any atom is 0.373 e. The number of carboxylic acid groups (broad SMARTS) is 2. The van der Waals surface area contributed by atoms with Gasteiger partial charge in [-0.15, -0.1) is 11.3 Å². The second-order valence-corrected chi connectivity index (χ2v) is 7.70. The number of nitrogens with zero attached hydrogens (tertiary/aromatic N) is 1. The molecule has 1 aromatic heterocycles. The third-order valence-corrected chi connectivity index (χ3v) is 5.11. The Kier molecular flexibility index (Phi) is 13.2. The lowest BCUT2D eigenvalue weighted by atomic mass is 10.1. The highest BCUT2D eigenvalue weighted by atomic mass is 32.1. The van der Waals surface area contributed by atoms with Crippen LogP contribution in [0.4, 0.5) is 14.3 Å². The van der Waals surface area contributed by atoms with E-state index in [-0.39, 0.29) is 24.8 Å². The van der Waals surface area contributed by atoms with E-state index in [4.69, 9.17) is 19.8 Å². The molecule has 0 aliphatic rings. The molecule has 1 heterocycles. The monoisotopic (exact) mass is 496 g/mol. The number of aliphatic carboxylic acids is 2. The fraction of sp³-hybridized carbons (Fsp3) is 0.381. The number of carboxylic acids is 2. The van der Waals surface area contributed by atoms with E-state index in [0.717, 1.165) is 29.2 Å². The SMILES string of the molecule is O=C(O)CC[C@H](NC(=O)NCCCCCNc1nc(-c2ccc(F)cc2)cs1)C(=O)O.O=C=O. The molecule has 11 nitrogen and oxygen atoms in total. The van der Waals surface area contributed by atoms with Crippen molar-refractivity contribution in [3.8, 4) is 11.3 Å². The highest BCUT2D eigenvalue weighted by Gasteiger charge is 2.20. The molecule has 2 rings (SSSR count). The molecule has 5 N–H and O–H groups in total. The van der Waals surface area contributed by atoms with Crippen molar-refractivity contribution in [1.82, 2.24) is 15.6 Å². The first-order chi connectivity index (χ1) is 16.3. The summed E-state index contributed by atoms with van der Waals surface area (Å²) in [7, 11) is 0. The molecule has 34 heavy (non-hydrogen) atoms. The van der Waals surface area contributed by atoms with Crippen LogP contribution in [0.5, 0.6) is 0 Å². The maximum atomic E-state index is 13.0. The van der Waals surface area contributed by atoms with E-state index in [2.05, 4.69) is 20.9 Å². The normalized spacial score (nSPS) is 10.7. The number of hydrogen-bond donors (Lipinski definition) is 5. The van der Waals surface area contributed by atoms with Gasteiger partial charge in [-0.1, -0.05) is 0 Å². The Morgan fingerprint density at radius 1 is 1.06 bits per heavy atom. The molecule has 1 aromatic carbocycles. The highest BCUT2D eigenvalue weighted by Crippen LogP contribution is 2.25. The van der Waals surface area contributed by atoms with E-state index in [1.54, 1.807) is 12.1 Å². The number of rotatable bonds is 13. The summed E-state index contributed by atoms with van der Waals surface area (Å²) in [5, 5.41) is 28.4. The molecule has 0 fully saturated rings. The predicted octanol–water partition coefficient (Wildman–Crippen LogP) is 2.57. The average Bonchev–Trinajstić information content (AvgIpc) is 3.25. The van der Waals surface area contributed by atoms with Gasteiger partial charge in [-0.3, -0.25) is 4.79 Å². The highest BCUT2D eigenvalue weighted by molar-refractivity contribution is 7.14. The van der Waals surface area contributed by atoms with Crippen molar-refractivity contribution < 1.29 is 38.6 Å². The summed E-state index contributed by atoms with van der Waals surface area (Å²) in [6.45, 7) is 1.09. The van der Waals surface area contributed by atoms with Crippen LogP contribution in [0.1, 0.15) is 32.1 Å². The van der Waals surface area contributed by atoms with E-state index in [0.29, 0.717) is 19.5 Å². The van der Waals surface area contributed by atoms with Gasteiger partial charge >= 0.3 is 24.1 Å². The van der Waals surface area contributed by atoms with E-state index in [1.807, 2.05) is 5.38 Å². The van der Waals surface area contributed by atoms with Gasteiger partial charge in [0.05, 0.1) is 5.69 Å². The maximum absolute atomic E-state index is 13.0. The molecular weight excluding hydrogens is 471 g/mol. The van der Waals surface area contributed by atoms with Gasteiger partial charge in [0.1, 0.15) is 11.9 Å². The number of urea groups is 1. The number of halogens is 1. The zero-order valence-electron chi connectivity index (χ0n) is 18.1. The number of aromatic nitrogens is 1. The fourth-order valence-corrected chi connectivity index (χ4v) is 3.42. The molecule has 0 saturated heterocycles. The predicted molar refractivity (Wildman–Crippen MR) is 120 cm³/mol. The van der Waals surface area contributed by atoms with E-state index < -0.39 is 24.0 Å². The van der Waals surface area contributed by atoms with Gasteiger partial charge in [-0.2, -0.15) is 9.59 Å². The lowest BCUT2D eigenvalue weighted by Crippen LogP contribution is -2.46. The fourth-order valence-electron chi connectivity index (χ4n) is 2.67. The topological polar surface area (TPSA) is 175 Å². The van der Waals surface area contributed by atoms with Crippen molar-refractivity contribution >= 4 is 40.6 Å². The molecule has 2 amide bonds. The van der Waals surface area contributed by atoms with Crippen LogP contribution in [-0.4, -0.2) is 58.4 Å². The lowest BCUT2D eigenvalue weighted by Gasteiger charge is -2.14. The van der Waals surface area contributed by atoms with Gasteiger partial charge in [0.2, 0.25) is 0 Å². The molecule has 0 radical (unpaired) electrons. The average molecular weight is 497 g/mol. The number of benzene rings is 1. The minimum Gasteiger partial charge on any atom is -0.481 e. The molecule has 0 spiro atoms. The molecule has 2 aromatic rings. The first-order valence-electron chi connectivity index (χ1n) is 10.2. The summed E-state index contributed by atoms with van der Waals surface area (Å²) in [6, 6.07) is 4.29. The van der Waals surface area contributed by atoms with Gasteiger partial charge in [-0.05, 0) is 49.9 Å². The first kappa shape index (κ1) is 28.2. The van der Waals surface area contributed by atoms with E-state index in [9.17, 15) is 18.8 Å². The number of anilines is 1. The van der Waals surface area contributed by atoms with Crippen molar-refractivity contribution in [2.75, 3.05) is 18.4 Å².